The van der Waals surface area contributed by atoms with Crippen LogP contribution in [0, 0.1) is 5.92 Å². The number of aryl methyl sites for hydroxylation is 1. The molecule has 0 spiro atoms. The number of aromatic nitrogens is 3. The monoisotopic (exact) mass is 617 g/mol. The van der Waals surface area contributed by atoms with Crippen LogP contribution in [0.3, 0.4) is 0 Å². The van der Waals surface area contributed by atoms with Crippen LogP contribution in [0.1, 0.15) is 45.8 Å². The van der Waals surface area contributed by atoms with Gasteiger partial charge in [0.15, 0.2) is 0 Å². The number of hydrogen-bond donors (Lipinski definition) is 2. The minimum Gasteiger partial charge on any atom is -0.465 e. The van der Waals surface area contributed by atoms with Crippen LogP contribution < -0.4 is 10.6 Å². The highest BCUT2D eigenvalue weighted by Gasteiger charge is 2.25. The average molecular weight is 618 g/mol. The fraction of sp³-hybridized carbons (Fsp3) is 0.194. The molecule has 0 fully saturated rings. The van der Waals surface area contributed by atoms with Gasteiger partial charge in [0.25, 0.3) is 0 Å². The van der Waals surface area contributed by atoms with Crippen LogP contribution in [0.4, 0.5) is 4.79 Å². The van der Waals surface area contributed by atoms with Gasteiger partial charge in [0.1, 0.15) is 12.4 Å². The summed E-state index contributed by atoms with van der Waals surface area (Å²) in [5, 5.41) is 5.97. The van der Waals surface area contributed by atoms with Gasteiger partial charge < -0.3 is 24.7 Å². The summed E-state index contributed by atoms with van der Waals surface area (Å²) in [5.74, 6) is -0.583. The molecule has 0 aliphatic rings. The average Bonchev–Trinajstić information content (AvgIpc) is 3.43. The van der Waals surface area contributed by atoms with Crippen LogP contribution in [-0.4, -0.2) is 39.6 Å². The zero-order chi connectivity index (χ0) is 32.5. The van der Waals surface area contributed by atoms with E-state index in [9.17, 15) is 14.4 Å². The van der Waals surface area contributed by atoms with E-state index in [2.05, 4.69) is 20.6 Å². The highest BCUT2D eigenvalue weighted by molar-refractivity contribution is 5.89. The van der Waals surface area contributed by atoms with E-state index in [0.717, 1.165) is 22.4 Å². The number of nitrogens with one attached hydrogen (secondary N) is 2. The third kappa shape index (κ3) is 7.65. The molecule has 10 heteroatoms. The molecule has 5 rings (SSSR count). The first-order chi connectivity index (χ1) is 22.3. The summed E-state index contributed by atoms with van der Waals surface area (Å²) < 4.78 is 12.4. The van der Waals surface area contributed by atoms with E-state index in [4.69, 9.17) is 9.47 Å². The van der Waals surface area contributed by atoms with Gasteiger partial charge in [0.05, 0.1) is 42.2 Å². The largest absolute Gasteiger partial charge is 0.465 e. The van der Waals surface area contributed by atoms with Crippen molar-refractivity contribution in [1.82, 2.24) is 25.2 Å². The van der Waals surface area contributed by atoms with Gasteiger partial charge >= 0.3 is 12.1 Å². The van der Waals surface area contributed by atoms with E-state index in [1.807, 2.05) is 72.3 Å². The molecule has 2 amide bonds. The van der Waals surface area contributed by atoms with Crippen molar-refractivity contribution in [2.45, 2.75) is 26.1 Å². The van der Waals surface area contributed by atoms with Gasteiger partial charge in [0.2, 0.25) is 5.91 Å². The number of nitrogens with zero attached hydrogens (tertiary/aromatic N) is 3. The molecule has 2 aromatic heterocycles. The number of amides is 2. The molecule has 2 N–H and O–H groups in total. The number of para-hydroxylation sites is 2. The molecule has 3 aromatic carbocycles. The Hall–Kier alpha value is -5.77. The van der Waals surface area contributed by atoms with Gasteiger partial charge in [-0.2, -0.15) is 0 Å². The molecule has 0 saturated carbocycles. The van der Waals surface area contributed by atoms with E-state index in [-0.39, 0.29) is 19.1 Å². The molecule has 1 unspecified atom stereocenters. The van der Waals surface area contributed by atoms with E-state index in [0.29, 0.717) is 22.3 Å². The molecule has 2 heterocycles. The standard InChI is InChI=1S/C36H35N5O5/c1-24(34(42)38-22-32-39-30-13-7-8-14-31(30)41(32)2)20-29(28-12-9-19-37-21-28)33(26-15-17-27(18-16-26)35(43)45-3)40-36(44)46-23-25-10-5-4-6-11-25/h4-21,24,33H,22-23H2,1-3H3,(H,38,42)(H,40,44)/b29-20+/t24-,33?/m1/s1. The van der Waals surface area contributed by atoms with Crippen molar-refractivity contribution in [2.24, 2.45) is 13.0 Å². The smallest absolute Gasteiger partial charge is 0.408 e. The Morgan fingerprint density at radius 1 is 0.913 bits per heavy atom. The van der Waals surface area contributed by atoms with Crippen molar-refractivity contribution in [1.29, 1.82) is 0 Å². The van der Waals surface area contributed by atoms with Crippen LogP contribution in [0.5, 0.6) is 0 Å². The van der Waals surface area contributed by atoms with Gasteiger partial charge in [-0.3, -0.25) is 9.78 Å². The maximum atomic E-state index is 13.4. The number of esters is 1. The number of carbonyl (C=O) groups is 3. The lowest BCUT2D eigenvalue weighted by molar-refractivity contribution is -0.123. The van der Waals surface area contributed by atoms with Gasteiger partial charge in [-0.25, -0.2) is 14.6 Å². The van der Waals surface area contributed by atoms with E-state index >= 15 is 0 Å². The number of hydrogen-bond acceptors (Lipinski definition) is 7. The second kappa shape index (κ2) is 14.8. The Labute approximate surface area is 267 Å². The Morgan fingerprint density at radius 2 is 1.65 bits per heavy atom. The maximum absolute atomic E-state index is 13.4. The number of fused-ring (bicyclic) bond motifs is 1. The zero-order valence-electron chi connectivity index (χ0n) is 25.8. The first-order valence-electron chi connectivity index (χ1n) is 14.8. The first kappa shape index (κ1) is 31.6. The van der Waals surface area contributed by atoms with Crippen LogP contribution in [0.2, 0.25) is 0 Å². The molecule has 2 atom stereocenters. The van der Waals surface area contributed by atoms with Gasteiger partial charge in [-0.15, -0.1) is 0 Å². The quantitative estimate of drug-likeness (QED) is 0.181. The molecule has 0 radical (unpaired) electrons. The number of pyridine rings is 1. The fourth-order valence-electron chi connectivity index (χ4n) is 5.07. The molecular weight excluding hydrogens is 582 g/mol. The number of carbonyl (C=O) groups excluding carboxylic acids is 3. The third-order valence-corrected chi connectivity index (χ3v) is 7.59. The number of imidazole rings is 1. The van der Waals surface area contributed by atoms with Crippen molar-refractivity contribution in [3.63, 3.8) is 0 Å². The molecule has 0 aliphatic heterocycles. The van der Waals surface area contributed by atoms with Crippen molar-refractivity contribution in [2.75, 3.05) is 7.11 Å². The van der Waals surface area contributed by atoms with Gasteiger partial charge in [0, 0.05) is 19.4 Å². The lowest BCUT2D eigenvalue weighted by atomic mass is 9.90. The van der Waals surface area contributed by atoms with E-state index < -0.39 is 24.0 Å². The summed E-state index contributed by atoms with van der Waals surface area (Å²) in [4.78, 5) is 47.7. The lowest BCUT2D eigenvalue weighted by Crippen LogP contribution is -2.32. The summed E-state index contributed by atoms with van der Waals surface area (Å²) >= 11 is 0. The zero-order valence-corrected chi connectivity index (χ0v) is 25.8. The minimum absolute atomic E-state index is 0.0770. The fourth-order valence-corrected chi connectivity index (χ4v) is 5.07. The summed E-state index contributed by atoms with van der Waals surface area (Å²) in [6.45, 7) is 2.10. The first-order valence-corrected chi connectivity index (χ1v) is 14.8. The second-order valence-electron chi connectivity index (χ2n) is 10.7. The number of methoxy groups -OCH3 is 1. The molecular formula is C36H35N5O5. The lowest BCUT2D eigenvalue weighted by Gasteiger charge is -2.24. The van der Waals surface area contributed by atoms with Crippen LogP contribution in [-0.2, 0) is 34.5 Å². The van der Waals surface area contributed by atoms with E-state index in [1.54, 1.807) is 55.7 Å². The summed E-state index contributed by atoms with van der Waals surface area (Å²) in [6.07, 6.45) is 4.47. The molecule has 0 aliphatic carbocycles. The Kier molecular flexibility index (Phi) is 10.2. The Balaban J connectivity index is 1.43. The highest BCUT2D eigenvalue weighted by Crippen LogP contribution is 2.32. The highest BCUT2D eigenvalue weighted by atomic mass is 16.5. The van der Waals surface area contributed by atoms with Crippen LogP contribution >= 0.6 is 0 Å². The third-order valence-electron chi connectivity index (χ3n) is 7.59. The Bertz CT molecular complexity index is 1840. The molecule has 0 saturated heterocycles. The van der Waals surface area contributed by atoms with Crippen LogP contribution in [0.15, 0.2) is 109 Å². The SMILES string of the molecule is COC(=O)c1ccc(C(NC(=O)OCc2ccccc2)/C(=C/[C@@H](C)C(=O)NCc2nc3ccccc3n2C)c2cccnc2)cc1. The predicted octanol–water partition coefficient (Wildman–Crippen LogP) is 5.76. The minimum atomic E-state index is -0.755. The summed E-state index contributed by atoms with van der Waals surface area (Å²) in [6, 6.07) is 26.7. The number of ether oxygens (including phenoxy) is 2. The molecule has 234 valence electrons. The van der Waals surface area contributed by atoms with Crippen molar-refractivity contribution >= 4 is 34.6 Å². The number of alkyl carbamates (subject to hydrolysis) is 1. The summed E-state index contributed by atoms with van der Waals surface area (Å²) in [7, 11) is 3.23. The molecule has 5 aromatic rings. The molecule has 10 nitrogen and oxygen atoms in total. The summed E-state index contributed by atoms with van der Waals surface area (Å²) in [5.41, 5.74) is 5.01. The topological polar surface area (TPSA) is 124 Å². The number of benzene rings is 3. The number of rotatable bonds is 11. The van der Waals surface area contributed by atoms with Crippen molar-refractivity contribution < 1.29 is 23.9 Å². The van der Waals surface area contributed by atoms with Crippen molar-refractivity contribution in [3.8, 4) is 0 Å². The molecule has 46 heavy (non-hydrogen) atoms. The van der Waals surface area contributed by atoms with Crippen molar-refractivity contribution in [3.05, 3.63) is 138 Å². The predicted molar refractivity (Wildman–Crippen MR) is 174 cm³/mol. The molecule has 0 bridgehead atoms. The normalized spacial score (nSPS) is 12.6. The van der Waals surface area contributed by atoms with Gasteiger partial charge in [-0.05, 0) is 52.6 Å². The van der Waals surface area contributed by atoms with Gasteiger partial charge in [-0.1, -0.05) is 73.7 Å². The maximum Gasteiger partial charge on any atom is 0.408 e. The second-order valence-corrected chi connectivity index (χ2v) is 10.7. The van der Waals surface area contributed by atoms with E-state index in [1.165, 1.54) is 7.11 Å². The Morgan fingerprint density at radius 3 is 2.35 bits per heavy atom. The van der Waals surface area contributed by atoms with Crippen LogP contribution in [0.25, 0.3) is 16.6 Å².